The minimum absolute atomic E-state index is 0.0505. The smallest absolute Gasteiger partial charge is 0.240 e. The first-order valence-electron chi connectivity index (χ1n) is 16.3. The van der Waals surface area contributed by atoms with Gasteiger partial charge >= 0.3 is 0 Å². The fraction of sp³-hybridized carbons (Fsp3) is 0.588. The number of unbranched alkanes of at least 4 members (excludes halogenated alkanes) is 4. The molecule has 1 aromatic heterocycles. The highest BCUT2D eigenvalue weighted by Crippen LogP contribution is 2.54. The van der Waals surface area contributed by atoms with Crippen molar-refractivity contribution in [2.75, 3.05) is 6.54 Å². The van der Waals surface area contributed by atoms with Crippen LogP contribution >= 0.6 is 0 Å². The standard InChI is InChI=1S/C34H46N4O6S/c1-3-17-34(18-19-34)45(42,43)37-32(41)33(2)22-25(33)13-8-6-4-5-7-9-15-29(39)38-23-26(21-28(38)30(35)40)44-31-27-14-11-10-12-24(27)16-20-36-31/h8,10-14,16,20,25-26,28H,3-7,9,15,17-19,21-23H2,1-2H3,(H2,35,40)(H,37,41)/b13-8-/t25-,26-,28+,33+/m1/s1. The molecule has 1 aliphatic heterocycles. The number of nitrogens with one attached hydrogen (secondary N) is 1. The number of benzene rings is 1. The minimum Gasteiger partial charge on any atom is -0.472 e. The van der Waals surface area contributed by atoms with Gasteiger partial charge in [-0.15, -0.1) is 0 Å². The summed E-state index contributed by atoms with van der Waals surface area (Å²) in [5.74, 6) is -0.466. The highest BCUT2D eigenvalue weighted by Gasteiger charge is 2.59. The largest absolute Gasteiger partial charge is 0.472 e. The number of hydrogen-bond acceptors (Lipinski definition) is 7. The number of nitrogens with zero attached hydrogens (tertiary/aromatic N) is 2. The maximum atomic E-state index is 13.0. The summed E-state index contributed by atoms with van der Waals surface area (Å²) in [6.45, 7) is 4.10. The van der Waals surface area contributed by atoms with Crippen molar-refractivity contribution in [1.29, 1.82) is 0 Å². The maximum Gasteiger partial charge on any atom is 0.240 e. The number of amides is 3. The lowest BCUT2D eigenvalue weighted by atomic mass is 10.1. The zero-order valence-electron chi connectivity index (χ0n) is 26.4. The van der Waals surface area contributed by atoms with Crippen LogP contribution in [0.4, 0.5) is 0 Å². The molecular formula is C34H46N4O6S. The third kappa shape index (κ3) is 7.34. The van der Waals surface area contributed by atoms with E-state index in [-0.39, 0.29) is 23.8 Å². The number of allylic oxidation sites excluding steroid dienone is 2. The van der Waals surface area contributed by atoms with Crippen molar-refractivity contribution in [2.24, 2.45) is 17.1 Å². The fourth-order valence-corrected chi connectivity index (χ4v) is 8.41. The van der Waals surface area contributed by atoms with Crippen LogP contribution < -0.4 is 15.2 Å². The zero-order chi connectivity index (χ0) is 32.2. The Morgan fingerprint density at radius 3 is 2.62 bits per heavy atom. The number of ether oxygens (including phenoxy) is 1. The molecule has 2 saturated carbocycles. The fourth-order valence-electron chi connectivity index (χ4n) is 6.60. The van der Waals surface area contributed by atoms with Gasteiger partial charge in [-0.2, -0.15) is 0 Å². The van der Waals surface area contributed by atoms with Gasteiger partial charge in [-0.05, 0) is 68.4 Å². The van der Waals surface area contributed by atoms with Gasteiger partial charge in [0.05, 0.1) is 16.7 Å². The van der Waals surface area contributed by atoms with Gasteiger partial charge in [0, 0.05) is 24.4 Å². The van der Waals surface area contributed by atoms with Crippen LogP contribution in [0, 0.1) is 11.3 Å². The molecule has 3 fully saturated rings. The molecule has 3 amide bonds. The topological polar surface area (TPSA) is 149 Å². The third-order valence-corrected chi connectivity index (χ3v) is 12.0. The zero-order valence-corrected chi connectivity index (χ0v) is 27.2. The number of aromatic nitrogens is 1. The lowest BCUT2D eigenvalue weighted by molar-refractivity contribution is -0.137. The second-order valence-electron chi connectivity index (χ2n) is 13.3. The Bertz CT molecular complexity index is 1550. The first-order valence-corrected chi connectivity index (χ1v) is 17.8. The number of nitrogens with two attached hydrogens (primary N) is 1. The Labute approximate surface area is 266 Å². The summed E-state index contributed by atoms with van der Waals surface area (Å²) in [7, 11) is -3.64. The van der Waals surface area contributed by atoms with Crippen molar-refractivity contribution in [2.45, 2.75) is 108 Å². The lowest BCUT2D eigenvalue weighted by Crippen LogP contribution is -2.43. The van der Waals surface area contributed by atoms with Crippen molar-refractivity contribution in [3.05, 3.63) is 48.7 Å². The van der Waals surface area contributed by atoms with Crippen LogP contribution in [0.3, 0.4) is 0 Å². The average Bonchev–Trinajstić information content (AvgIpc) is 3.89. The normalized spacial score (nSPS) is 25.4. The van der Waals surface area contributed by atoms with Gasteiger partial charge in [0.1, 0.15) is 12.1 Å². The monoisotopic (exact) mass is 638 g/mol. The van der Waals surface area contributed by atoms with E-state index in [1.54, 1.807) is 11.1 Å². The Balaban J connectivity index is 0.996. The van der Waals surface area contributed by atoms with Gasteiger partial charge in [-0.3, -0.25) is 19.1 Å². The molecule has 2 aromatic rings. The summed E-state index contributed by atoms with van der Waals surface area (Å²) < 4.78 is 33.3. The number of hydrogen-bond donors (Lipinski definition) is 2. The molecule has 4 atom stereocenters. The molecule has 0 bridgehead atoms. The molecule has 0 spiro atoms. The lowest BCUT2D eigenvalue weighted by Gasteiger charge is -2.21. The average molecular weight is 639 g/mol. The Morgan fingerprint density at radius 1 is 1.13 bits per heavy atom. The predicted octanol–water partition coefficient (Wildman–Crippen LogP) is 4.77. The van der Waals surface area contributed by atoms with Gasteiger partial charge < -0.3 is 15.4 Å². The van der Waals surface area contributed by atoms with Gasteiger partial charge in [0.15, 0.2) is 0 Å². The van der Waals surface area contributed by atoms with Gasteiger partial charge in [0.25, 0.3) is 0 Å². The molecule has 11 heteroatoms. The Kier molecular flexibility index (Phi) is 9.86. The summed E-state index contributed by atoms with van der Waals surface area (Å²) in [5, 5.41) is 1.89. The van der Waals surface area contributed by atoms with Crippen LogP contribution in [0.15, 0.2) is 48.7 Å². The Hall–Kier alpha value is -3.47. The van der Waals surface area contributed by atoms with E-state index in [1.807, 2.05) is 50.3 Å². The van der Waals surface area contributed by atoms with E-state index >= 15 is 0 Å². The number of likely N-dealkylation sites (tertiary alicyclic amines) is 1. The molecule has 2 aliphatic carbocycles. The van der Waals surface area contributed by atoms with E-state index in [9.17, 15) is 22.8 Å². The highest BCUT2D eigenvalue weighted by molar-refractivity contribution is 7.91. The van der Waals surface area contributed by atoms with Crippen LogP contribution in [-0.2, 0) is 24.4 Å². The highest BCUT2D eigenvalue weighted by atomic mass is 32.2. The summed E-state index contributed by atoms with van der Waals surface area (Å²) in [5.41, 5.74) is 4.99. The molecule has 45 heavy (non-hydrogen) atoms. The maximum absolute atomic E-state index is 13.0. The number of primary amides is 1. The Morgan fingerprint density at radius 2 is 1.89 bits per heavy atom. The molecule has 1 aromatic carbocycles. The number of fused-ring (bicyclic) bond motifs is 1. The molecule has 0 unspecified atom stereocenters. The molecular weight excluding hydrogens is 592 g/mol. The summed E-state index contributed by atoms with van der Waals surface area (Å²) in [4.78, 5) is 43.9. The number of rotatable bonds is 16. The first-order chi connectivity index (χ1) is 21.5. The molecule has 5 rings (SSSR count). The van der Waals surface area contributed by atoms with E-state index < -0.39 is 32.1 Å². The molecule has 10 nitrogen and oxygen atoms in total. The molecule has 0 radical (unpaired) electrons. The molecule has 244 valence electrons. The second-order valence-corrected chi connectivity index (χ2v) is 15.3. The van der Waals surface area contributed by atoms with Crippen molar-refractivity contribution >= 4 is 38.5 Å². The summed E-state index contributed by atoms with van der Waals surface area (Å²) in [6.07, 6.45) is 13.8. The number of sulfonamides is 1. The molecule has 2 heterocycles. The molecule has 3 aliphatic rings. The number of carbonyl (C=O) groups is 3. The van der Waals surface area contributed by atoms with Crippen molar-refractivity contribution in [3.63, 3.8) is 0 Å². The van der Waals surface area contributed by atoms with Gasteiger partial charge in [-0.25, -0.2) is 13.4 Å². The quantitative estimate of drug-likeness (QED) is 0.199. The minimum atomic E-state index is -3.64. The van der Waals surface area contributed by atoms with E-state index in [2.05, 4.69) is 15.8 Å². The third-order valence-electron chi connectivity index (χ3n) is 9.84. The summed E-state index contributed by atoms with van der Waals surface area (Å²) >= 11 is 0. The number of pyridine rings is 1. The van der Waals surface area contributed by atoms with Crippen molar-refractivity contribution < 1.29 is 27.5 Å². The van der Waals surface area contributed by atoms with Crippen LogP contribution in [0.5, 0.6) is 5.88 Å². The second kappa shape index (κ2) is 13.5. The first kappa shape index (κ1) is 32.9. The van der Waals surface area contributed by atoms with Crippen LogP contribution in [0.2, 0.25) is 0 Å². The van der Waals surface area contributed by atoms with E-state index in [0.717, 1.165) is 49.3 Å². The van der Waals surface area contributed by atoms with Crippen molar-refractivity contribution in [3.8, 4) is 5.88 Å². The van der Waals surface area contributed by atoms with Gasteiger partial charge in [0.2, 0.25) is 33.6 Å². The molecule has 3 N–H and O–H groups in total. The van der Waals surface area contributed by atoms with Crippen LogP contribution in [0.1, 0.15) is 90.9 Å². The van der Waals surface area contributed by atoms with Crippen molar-refractivity contribution in [1.82, 2.24) is 14.6 Å². The number of carbonyl (C=O) groups excluding carboxylic acids is 3. The SMILES string of the molecule is CCCC1(S(=O)(=O)NC(=O)[C@@]2(C)C[C@H]2/C=C\CCCCCCC(=O)N2C[C@H](Oc3nccc4ccccc34)C[C@H]2C(N)=O)CC1. The van der Waals surface area contributed by atoms with Crippen LogP contribution in [0.25, 0.3) is 10.8 Å². The predicted molar refractivity (Wildman–Crippen MR) is 172 cm³/mol. The van der Waals surface area contributed by atoms with E-state index in [1.165, 1.54) is 0 Å². The molecule has 1 saturated heterocycles. The summed E-state index contributed by atoms with van der Waals surface area (Å²) in [6, 6.07) is 9.00. The van der Waals surface area contributed by atoms with E-state index in [0.29, 0.717) is 50.9 Å². The van der Waals surface area contributed by atoms with E-state index in [4.69, 9.17) is 10.5 Å². The van der Waals surface area contributed by atoms with Crippen LogP contribution in [-0.4, -0.2) is 59.5 Å². The van der Waals surface area contributed by atoms with Gasteiger partial charge in [-0.1, -0.05) is 63.5 Å².